The molecule has 0 saturated heterocycles. The Kier molecular flexibility index (Phi) is 8.13. The molecule has 0 heterocycles. The lowest BCUT2D eigenvalue weighted by Gasteiger charge is -2.17. The first-order valence-electron chi connectivity index (χ1n) is 6.00. The van der Waals surface area contributed by atoms with Gasteiger partial charge in [0.15, 0.2) is 0 Å². The van der Waals surface area contributed by atoms with Crippen molar-refractivity contribution in [3.05, 3.63) is 0 Å². The molecule has 0 aliphatic heterocycles. The van der Waals surface area contributed by atoms with Gasteiger partial charge in [-0.05, 0) is 20.8 Å². The van der Waals surface area contributed by atoms with Gasteiger partial charge in [-0.1, -0.05) is 0 Å². The van der Waals surface area contributed by atoms with Crippen LogP contribution in [0.25, 0.3) is 0 Å². The Balaban J connectivity index is 4.06. The van der Waals surface area contributed by atoms with Crippen molar-refractivity contribution in [3.8, 4) is 0 Å². The van der Waals surface area contributed by atoms with Crippen LogP contribution in [-0.4, -0.2) is 57.4 Å². The van der Waals surface area contributed by atoms with Crippen molar-refractivity contribution < 1.29 is 22.7 Å². The average Bonchev–Trinajstić information content (AvgIpc) is 2.25. The number of nitrogens with zero attached hydrogens (tertiary/aromatic N) is 1. The van der Waals surface area contributed by atoms with Gasteiger partial charge in [0.2, 0.25) is 10.0 Å². The van der Waals surface area contributed by atoms with E-state index in [1.54, 1.807) is 6.92 Å². The summed E-state index contributed by atoms with van der Waals surface area (Å²) < 4.78 is 34.6. The largest absolute Gasteiger partial charge is 0.466 e. The summed E-state index contributed by atoms with van der Waals surface area (Å²) in [5, 5.41) is 0. The van der Waals surface area contributed by atoms with Crippen molar-refractivity contribution in [1.29, 1.82) is 0 Å². The van der Waals surface area contributed by atoms with Gasteiger partial charge in [0.1, 0.15) is 0 Å². The summed E-state index contributed by atoms with van der Waals surface area (Å²) in [6, 6.07) is 0. The van der Waals surface area contributed by atoms with Gasteiger partial charge in [0.25, 0.3) is 0 Å². The minimum Gasteiger partial charge on any atom is -0.466 e. The fourth-order valence-electron chi connectivity index (χ4n) is 1.17. The highest BCUT2D eigenvalue weighted by Crippen LogP contribution is 2.01. The zero-order valence-electron chi connectivity index (χ0n) is 11.5. The lowest BCUT2D eigenvalue weighted by atomic mass is 10.4. The topological polar surface area (TPSA) is 72.9 Å². The first kappa shape index (κ1) is 17.3. The number of carbonyl (C=O) groups is 1. The van der Waals surface area contributed by atoms with Crippen LogP contribution in [0.1, 0.15) is 27.2 Å². The summed E-state index contributed by atoms with van der Waals surface area (Å²) in [7, 11) is -1.92. The van der Waals surface area contributed by atoms with Crippen LogP contribution in [0, 0.1) is 0 Å². The summed E-state index contributed by atoms with van der Waals surface area (Å²) in [5.41, 5.74) is 0. The lowest BCUT2D eigenvalue weighted by molar-refractivity contribution is -0.143. The standard InChI is InChI=1S/C11H23NO5S/c1-5-16-11(13)6-7-12(4)18(14,15)9-8-17-10(2)3/h10H,5-9H2,1-4H3. The third-order valence-corrected chi connectivity index (χ3v) is 4.02. The molecule has 0 amide bonds. The summed E-state index contributed by atoms with van der Waals surface area (Å²) in [6.45, 7) is 5.99. The van der Waals surface area contributed by atoms with E-state index in [0.717, 1.165) is 4.31 Å². The van der Waals surface area contributed by atoms with Gasteiger partial charge in [-0.15, -0.1) is 0 Å². The van der Waals surface area contributed by atoms with Crippen molar-refractivity contribution in [2.45, 2.75) is 33.3 Å². The zero-order valence-corrected chi connectivity index (χ0v) is 12.3. The number of esters is 1. The number of carbonyl (C=O) groups excluding carboxylic acids is 1. The van der Waals surface area contributed by atoms with Crippen LogP contribution < -0.4 is 0 Å². The van der Waals surface area contributed by atoms with Crippen molar-refractivity contribution in [2.75, 3.05) is 32.6 Å². The van der Waals surface area contributed by atoms with Crippen LogP contribution in [0.15, 0.2) is 0 Å². The van der Waals surface area contributed by atoms with E-state index in [2.05, 4.69) is 0 Å². The Labute approximate surface area is 109 Å². The number of rotatable bonds is 9. The predicted octanol–water partition coefficient (Wildman–Crippen LogP) is 0.626. The molecule has 0 aromatic heterocycles. The third-order valence-electron chi connectivity index (χ3n) is 2.20. The molecule has 0 aliphatic carbocycles. The molecule has 6 nitrogen and oxygen atoms in total. The maximum absolute atomic E-state index is 11.8. The normalized spacial score (nSPS) is 12.1. The van der Waals surface area contributed by atoms with Gasteiger partial charge in [0.05, 0.1) is 31.5 Å². The zero-order chi connectivity index (χ0) is 14.2. The van der Waals surface area contributed by atoms with Crippen LogP contribution in [-0.2, 0) is 24.3 Å². The second-order valence-corrected chi connectivity index (χ2v) is 6.31. The first-order chi connectivity index (χ1) is 8.29. The quantitative estimate of drug-likeness (QED) is 0.579. The maximum atomic E-state index is 11.8. The summed E-state index contributed by atoms with van der Waals surface area (Å²) in [6.07, 6.45) is 0.0688. The van der Waals surface area contributed by atoms with Crippen LogP contribution in [0.4, 0.5) is 0 Å². The molecule has 7 heteroatoms. The molecule has 0 fully saturated rings. The van der Waals surface area contributed by atoms with E-state index in [1.807, 2.05) is 13.8 Å². The molecule has 0 N–H and O–H groups in total. The molecular formula is C11H23NO5S. The molecule has 18 heavy (non-hydrogen) atoms. The highest BCUT2D eigenvalue weighted by molar-refractivity contribution is 7.89. The highest BCUT2D eigenvalue weighted by Gasteiger charge is 2.18. The van der Waals surface area contributed by atoms with Crippen LogP contribution in [0.3, 0.4) is 0 Å². The molecule has 0 aromatic carbocycles. The van der Waals surface area contributed by atoms with Gasteiger partial charge in [-0.2, -0.15) is 0 Å². The number of hydrogen-bond acceptors (Lipinski definition) is 5. The van der Waals surface area contributed by atoms with Gasteiger partial charge in [0, 0.05) is 13.6 Å². The van der Waals surface area contributed by atoms with Crippen LogP contribution >= 0.6 is 0 Å². The molecule has 0 bridgehead atoms. The maximum Gasteiger partial charge on any atom is 0.307 e. The molecule has 0 spiro atoms. The molecule has 0 saturated carbocycles. The molecule has 0 radical (unpaired) electrons. The van der Waals surface area contributed by atoms with E-state index in [-0.39, 0.29) is 31.4 Å². The van der Waals surface area contributed by atoms with E-state index in [0.29, 0.717) is 6.61 Å². The van der Waals surface area contributed by atoms with Crippen LogP contribution in [0.5, 0.6) is 0 Å². The van der Waals surface area contributed by atoms with Gasteiger partial charge < -0.3 is 9.47 Å². The second kappa shape index (κ2) is 8.44. The summed E-state index contributed by atoms with van der Waals surface area (Å²) in [4.78, 5) is 11.1. The summed E-state index contributed by atoms with van der Waals surface area (Å²) >= 11 is 0. The van der Waals surface area contributed by atoms with Crippen molar-refractivity contribution >= 4 is 16.0 Å². The highest BCUT2D eigenvalue weighted by atomic mass is 32.2. The monoisotopic (exact) mass is 281 g/mol. The Morgan fingerprint density at radius 3 is 2.44 bits per heavy atom. The molecule has 0 unspecified atom stereocenters. The van der Waals surface area contributed by atoms with E-state index < -0.39 is 16.0 Å². The van der Waals surface area contributed by atoms with E-state index >= 15 is 0 Å². The summed E-state index contributed by atoms with van der Waals surface area (Å²) in [5.74, 6) is -0.470. The third kappa shape index (κ3) is 7.62. The minimum atomic E-state index is -3.37. The Bertz CT molecular complexity index is 339. The molecular weight excluding hydrogens is 258 g/mol. The Morgan fingerprint density at radius 1 is 1.33 bits per heavy atom. The Hall–Kier alpha value is -0.660. The van der Waals surface area contributed by atoms with E-state index in [1.165, 1.54) is 7.05 Å². The number of hydrogen-bond donors (Lipinski definition) is 0. The first-order valence-corrected chi connectivity index (χ1v) is 7.61. The second-order valence-electron chi connectivity index (χ2n) is 4.11. The SMILES string of the molecule is CCOC(=O)CCN(C)S(=O)(=O)CCOC(C)C. The van der Waals surface area contributed by atoms with Gasteiger partial charge in [-0.25, -0.2) is 12.7 Å². The Morgan fingerprint density at radius 2 is 1.94 bits per heavy atom. The van der Waals surface area contributed by atoms with Crippen LogP contribution in [0.2, 0.25) is 0 Å². The minimum absolute atomic E-state index is 0.00466. The predicted molar refractivity (Wildman–Crippen MR) is 68.8 cm³/mol. The lowest BCUT2D eigenvalue weighted by Crippen LogP contribution is -2.33. The van der Waals surface area contributed by atoms with Crippen molar-refractivity contribution in [2.24, 2.45) is 0 Å². The average molecular weight is 281 g/mol. The number of sulfonamides is 1. The van der Waals surface area contributed by atoms with Crippen molar-refractivity contribution in [3.63, 3.8) is 0 Å². The molecule has 108 valence electrons. The fraction of sp³-hybridized carbons (Fsp3) is 0.909. The molecule has 0 aromatic rings. The van der Waals surface area contributed by atoms with Crippen molar-refractivity contribution in [1.82, 2.24) is 4.31 Å². The van der Waals surface area contributed by atoms with E-state index in [9.17, 15) is 13.2 Å². The fourth-order valence-corrected chi connectivity index (χ4v) is 2.15. The van der Waals surface area contributed by atoms with E-state index in [4.69, 9.17) is 9.47 Å². The smallest absolute Gasteiger partial charge is 0.307 e. The molecule has 0 rings (SSSR count). The number of ether oxygens (including phenoxy) is 2. The van der Waals surface area contributed by atoms with Gasteiger partial charge in [-0.3, -0.25) is 4.79 Å². The molecule has 0 atom stereocenters. The molecule has 0 aliphatic rings. The van der Waals surface area contributed by atoms with Gasteiger partial charge >= 0.3 is 5.97 Å².